The first-order valence-corrected chi connectivity index (χ1v) is 18.5. The summed E-state index contributed by atoms with van der Waals surface area (Å²) in [6.07, 6.45) is -1.97. The molecule has 4 N–H and O–H groups in total. The third-order valence-electron chi connectivity index (χ3n) is 7.41. The molecule has 0 aliphatic heterocycles. The number of nitrogens with one attached hydrogen (secondary N) is 2. The molecule has 0 spiro atoms. The Morgan fingerprint density at radius 3 is 2.15 bits per heavy atom. The van der Waals surface area contributed by atoms with Gasteiger partial charge in [-0.3, -0.25) is 10.1 Å². The van der Waals surface area contributed by atoms with Gasteiger partial charge in [-0.25, -0.2) is 27.8 Å². The van der Waals surface area contributed by atoms with Crippen LogP contribution in [0.3, 0.4) is 0 Å². The van der Waals surface area contributed by atoms with E-state index in [1.807, 2.05) is 32.0 Å². The van der Waals surface area contributed by atoms with Crippen LogP contribution in [0, 0.1) is 19.7 Å². The number of para-hydroxylation sites is 1. The van der Waals surface area contributed by atoms with Crippen LogP contribution >= 0.6 is 11.8 Å². The molecule has 0 fully saturated rings. The Morgan fingerprint density at radius 1 is 0.870 bits per heavy atom. The molecule has 0 radical (unpaired) electrons. The molecule has 0 amide bonds. The smallest absolute Gasteiger partial charge is 0.406 e. The second kappa shape index (κ2) is 17.7. The zero-order valence-electron chi connectivity index (χ0n) is 28.8. The van der Waals surface area contributed by atoms with Crippen molar-refractivity contribution in [3.63, 3.8) is 0 Å². The maximum Gasteiger partial charge on any atom is 0.573 e. The molecular formula is C38H33F4N7O3S2. The summed E-state index contributed by atoms with van der Waals surface area (Å²) < 4.78 is 82.3. The van der Waals surface area contributed by atoms with Gasteiger partial charge in [-0.1, -0.05) is 66.4 Å². The molecule has 0 atom stereocenters. The summed E-state index contributed by atoms with van der Waals surface area (Å²) in [7, 11) is -3.87. The second-order valence-electron chi connectivity index (χ2n) is 11.5. The van der Waals surface area contributed by atoms with Crippen LogP contribution in [-0.2, 0) is 15.8 Å². The van der Waals surface area contributed by atoms with Crippen LogP contribution in [-0.4, -0.2) is 38.3 Å². The first-order chi connectivity index (χ1) is 25.7. The van der Waals surface area contributed by atoms with Gasteiger partial charge in [0.05, 0.1) is 22.5 Å². The highest BCUT2D eigenvalue weighted by Crippen LogP contribution is 2.27. The predicted molar refractivity (Wildman–Crippen MR) is 207 cm³/mol. The number of alkyl halides is 3. The summed E-state index contributed by atoms with van der Waals surface area (Å²) in [5, 5.41) is 4.90. The highest BCUT2D eigenvalue weighted by atomic mass is 32.2. The van der Waals surface area contributed by atoms with E-state index in [0.717, 1.165) is 40.1 Å². The highest BCUT2D eigenvalue weighted by molar-refractivity contribution is 8.13. The van der Waals surface area contributed by atoms with Crippen molar-refractivity contribution in [3.8, 4) is 5.75 Å². The van der Waals surface area contributed by atoms with Gasteiger partial charge in [0, 0.05) is 17.0 Å². The van der Waals surface area contributed by atoms with Gasteiger partial charge < -0.3 is 10.5 Å². The Kier molecular flexibility index (Phi) is 12.8. The van der Waals surface area contributed by atoms with Crippen molar-refractivity contribution in [2.75, 3.05) is 4.72 Å². The lowest BCUT2D eigenvalue weighted by molar-refractivity contribution is -0.274. The van der Waals surface area contributed by atoms with Crippen molar-refractivity contribution >= 4 is 62.4 Å². The minimum absolute atomic E-state index is 0.0621. The fraction of sp³-hybridized carbons (Fsp3) is 0.105. The lowest BCUT2D eigenvalue weighted by Gasteiger charge is -2.10. The number of sulfonamides is 1. The number of halogens is 4. The molecule has 54 heavy (non-hydrogen) atoms. The molecular weight excluding hydrogens is 743 g/mol. The summed E-state index contributed by atoms with van der Waals surface area (Å²) >= 11 is 1.38. The summed E-state index contributed by atoms with van der Waals surface area (Å²) in [6, 6.07) is 29.4. The Morgan fingerprint density at radius 2 is 1.52 bits per heavy atom. The van der Waals surface area contributed by atoms with Gasteiger partial charge in [-0.15, -0.1) is 13.2 Å². The van der Waals surface area contributed by atoms with Gasteiger partial charge in [0.15, 0.2) is 5.17 Å². The number of nitrogens with zero attached hydrogens (tertiary/aromatic N) is 4. The third kappa shape index (κ3) is 11.8. The molecule has 0 bridgehead atoms. The molecule has 5 rings (SSSR count). The largest absolute Gasteiger partial charge is 0.573 e. The molecule has 10 nitrogen and oxygen atoms in total. The predicted octanol–water partition coefficient (Wildman–Crippen LogP) is 8.75. The lowest BCUT2D eigenvalue weighted by Crippen LogP contribution is -2.16. The number of hydrogen-bond acceptors (Lipinski definition) is 7. The van der Waals surface area contributed by atoms with Crippen molar-refractivity contribution in [2.24, 2.45) is 25.8 Å². The first kappa shape index (κ1) is 39.2. The third-order valence-corrected chi connectivity index (χ3v) is 9.74. The fourth-order valence-electron chi connectivity index (χ4n) is 4.69. The van der Waals surface area contributed by atoms with Gasteiger partial charge in [-0.05, 0) is 96.8 Å². The molecule has 0 saturated heterocycles. The second-order valence-corrected chi connectivity index (χ2v) is 14.1. The Labute approximate surface area is 313 Å². The number of rotatable bonds is 12. The highest BCUT2D eigenvalue weighted by Gasteiger charge is 2.31. The van der Waals surface area contributed by atoms with Crippen molar-refractivity contribution in [2.45, 2.75) is 30.9 Å². The number of aryl methyl sites for hydroxylation is 2. The molecule has 0 aliphatic rings. The van der Waals surface area contributed by atoms with E-state index in [4.69, 9.17) is 10.7 Å². The Balaban J connectivity index is 1.22. The van der Waals surface area contributed by atoms with E-state index in [1.54, 1.807) is 42.6 Å². The number of nitrogens with two attached hydrogens (primary N) is 1. The topological polar surface area (TPSA) is 143 Å². The number of hydrogen-bond donors (Lipinski definition) is 3. The molecule has 5 aromatic rings. The molecule has 278 valence electrons. The molecule has 0 saturated carbocycles. The van der Waals surface area contributed by atoms with Crippen LogP contribution < -0.4 is 20.6 Å². The average Bonchev–Trinajstić information content (AvgIpc) is 3.13. The van der Waals surface area contributed by atoms with Gasteiger partial charge in [0.1, 0.15) is 23.7 Å². The Hall–Kier alpha value is -6.00. The standard InChI is InChI=1S/C38H33F4N7O3S2/c1-25-4-3-5-26(2)35(25)47-37(53-23-28-8-20-34(21-9-28)54(50,51)49-32-14-12-30(39)13-15-32)48-46-22-27-6-10-29(11-7-27)36(43)45-24-44-31-16-18-33(19-17-31)52-38(40,41)42/h3-22,24,49H,23H2,1-2H3,(H,47,48)(H2,43,44,45)/b46-22-. The maximum atomic E-state index is 13.2. The van der Waals surface area contributed by atoms with E-state index in [9.17, 15) is 26.0 Å². The fourth-order valence-corrected chi connectivity index (χ4v) is 6.52. The normalized spacial score (nSPS) is 12.7. The van der Waals surface area contributed by atoms with Crippen LogP contribution in [0.5, 0.6) is 5.75 Å². The number of ether oxygens (including phenoxy) is 1. The van der Waals surface area contributed by atoms with Crippen LogP contribution in [0.1, 0.15) is 27.8 Å². The van der Waals surface area contributed by atoms with Gasteiger partial charge in [0.2, 0.25) is 0 Å². The van der Waals surface area contributed by atoms with E-state index in [1.165, 1.54) is 66.6 Å². The van der Waals surface area contributed by atoms with E-state index >= 15 is 0 Å². The minimum atomic E-state index is -4.78. The monoisotopic (exact) mass is 775 g/mol. The molecule has 0 unspecified atom stereocenters. The summed E-state index contributed by atoms with van der Waals surface area (Å²) in [6.45, 7) is 3.93. The number of hydrazone groups is 1. The number of aliphatic imine (C=N–C) groups is 3. The molecule has 0 heterocycles. The van der Waals surface area contributed by atoms with Crippen LogP contribution in [0.15, 0.2) is 140 Å². The Bertz CT molecular complexity index is 2260. The quantitative estimate of drug-likeness (QED) is 0.0501. The molecule has 0 aromatic heterocycles. The maximum absolute atomic E-state index is 13.2. The van der Waals surface area contributed by atoms with Gasteiger partial charge in [-0.2, -0.15) is 5.10 Å². The van der Waals surface area contributed by atoms with Crippen molar-refractivity contribution in [1.29, 1.82) is 0 Å². The first-order valence-electron chi connectivity index (χ1n) is 16.0. The van der Waals surface area contributed by atoms with Crippen molar-refractivity contribution in [3.05, 3.63) is 149 Å². The summed E-state index contributed by atoms with van der Waals surface area (Å²) in [5.74, 6) is -0.201. The summed E-state index contributed by atoms with van der Waals surface area (Å²) in [5.41, 5.74) is 14.7. The van der Waals surface area contributed by atoms with Gasteiger partial charge in [0.25, 0.3) is 10.0 Å². The van der Waals surface area contributed by atoms with E-state index in [2.05, 4.69) is 30.0 Å². The van der Waals surface area contributed by atoms with E-state index in [0.29, 0.717) is 22.2 Å². The van der Waals surface area contributed by atoms with E-state index < -0.39 is 22.2 Å². The van der Waals surface area contributed by atoms with Gasteiger partial charge >= 0.3 is 6.36 Å². The molecule has 0 aliphatic carbocycles. The average molecular weight is 776 g/mol. The number of benzene rings is 5. The van der Waals surface area contributed by atoms with Crippen LogP contribution in [0.2, 0.25) is 0 Å². The zero-order valence-corrected chi connectivity index (χ0v) is 30.4. The van der Waals surface area contributed by atoms with Crippen LogP contribution in [0.4, 0.5) is 34.6 Å². The number of amidine groups is 2. The SMILES string of the molecule is Cc1cccc(C)c1N=C(N/N=C\c1ccc(C(N)=NC=Nc2ccc(OC(F)(F)F)cc2)cc1)SCc1ccc(S(=O)(=O)Nc2ccc(F)cc2)cc1. The molecule has 16 heteroatoms. The molecule has 5 aromatic carbocycles. The van der Waals surface area contributed by atoms with Crippen molar-refractivity contribution in [1.82, 2.24) is 5.43 Å². The van der Waals surface area contributed by atoms with Crippen LogP contribution in [0.25, 0.3) is 0 Å². The lowest BCUT2D eigenvalue weighted by atomic mass is 10.1. The number of thioether (sulfide) groups is 1. The zero-order chi connectivity index (χ0) is 38.7. The summed E-state index contributed by atoms with van der Waals surface area (Å²) in [4.78, 5) is 13.1. The van der Waals surface area contributed by atoms with E-state index in [-0.39, 0.29) is 22.2 Å². The number of anilines is 1. The minimum Gasteiger partial charge on any atom is -0.406 e. The van der Waals surface area contributed by atoms with Crippen molar-refractivity contribution < 1.29 is 30.7 Å².